The molecule has 20 heavy (non-hydrogen) atoms. The van der Waals surface area contributed by atoms with E-state index in [9.17, 15) is 0 Å². The lowest BCUT2D eigenvalue weighted by Gasteiger charge is -2.21. The van der Waals surface area contributed by atoms with Crippen LogP contribution in [0.2, 0.25) is 0 Å². The smallest absolute Gasteiger partial charge is 0.0897 e. The van der Waals surface area contributed by atoms with Crippen LogP contribution >= 0.6 is 27.3 Å². The highest BCUT2D eigenvalue weighted by Gasteiger charge is 2.16. The molecule has 2 rings (SSSR count). The number of nitrogens with zero attached hydrogens (tertiary/aromatic N) is 1. The van der Waals surface area contributed by atoms with Crippen LogP contribution in [0.5, 0.6) is 0 Å². The normalized spacial score (nSPS) is 12.6. The van der Waals surface area contributed by atoms with Crippen LogP contribution < -0.4 is 5.32 Å². The first-order valence-electron chi connectivity index (χ1n) is 7.01. The van der Waals surface area contributed by atoms with Gasteiger partial charge in [0.05, 0.1) is 10.7 Å². The van der Waals surface area contributed by atoms with E-state index in [1.54, 1.807) is 11.3 Å². The predicted octanol–water partition coefficient (Wildman–Crippen LogP) is 4.81. The Morgan fingerprint density at radius 1 is 1.35 bits per heavy atom. The van der Waals surface area contributed by atoms with Gasteiger partial charge < -0.3 is 5.32 Å². The second-order valence-corrected chi connectivity index (χ2v) is 6.94. The molecule has 0 radical (unpaired) electrons. The Labute approximate surface area is 133 Å². The van der Waals surface area contributed by atoms with Crippen molar-refractivity contribution in [3.05, 3.63) is 49.9 Å². The summed E-state index contributed by atoms with van der Waals surface area (Å²) < 4.78 is 1.17. The first kappa shape index (κ1) is 15.7. The van der Waals surface area contributed by atoms with Gasteiger partial charge in [-0.1, -0.05) is 35.0 Å². The highest BCUT2D eigenvalue weighted by atomic mass is 79.9. The third-order valence-corrected chi connectivity index (χ3v) is 5.09. The number of thiazole rings is 1. The molecule has 1 N–H and O–H groups in total. The van der Waals surface area contributed by atoms with Crippen molar-refractivity contribution in [1.82, 2.24) is 10.3 Å². The Morgan fingerprint density at radius 2 is 2.15 bits per heavy atom. The molecule has 1 aromatic carbocycles. The van der Waals surface area contributed by atoms with E-state index >= 15 is 0 Å². The van der Waals surface area contributed by atoms with Crippen molar-refractivity contribution >= 4 is 27.3 Å². The molecule has 0 saturated carbocycles. The molecule has 0 aliphatic heterocycles. The molecular weight excluding hydrogens is 332 g/mol. The highest BCUT2D eigenvalue weighted by molar-refractivity contribution is 9.10. The van der Waals surface area contributed by atoms with Crippen molar-refractivity contribution in [1.29, 1.82) is 0 Å². The maximum absolute atomic E-state index is 4.60. The number of aromatic nitrogens is 1. The fraction of sp³-hybridized carbons (Fsp3) is 0.438. The minimum Gasteiger partial charge on any atom is -0.310 e. The van der Waals surface area contributed by atoms with E-state index < -0.39 is 0 Å². The summed E-state index contributed by atoms with van der Waals surface area (Å²) in [5, 5.41) is 6.96. The summed E-state index contributed by atoms with van der Waals surface area (Å²) in [5.41, 5.74) is 3.85. The minimum absolute atomic E-state index is 0.328. The van der Waals surface area contributed by atoms with Crippen LogP contribution in [0.4, 0.5) is 0 Å². The molecule has 0 aliphatic rings. The Kier molecular flexibility index (Phi) is 5.75. The SMILES string of the molecule is CCCNC(Cc1csc(C)n1)c1cccc(Br)c1C. The predicted molar refractivity (Wildman–Crippen MR) is 90.5 cm³/mol. The van der Waals surface area contributed by atoms with Crippen LogP contribution in [0.1, 0.15) is 41.2 Å². The highest BCUT2D eigenvalue weighted by Crippen LogP contribution is 2.27. The quantitative estimate of drug-likeness (QED) is 0.806. The van der Waals surface area contributed by atoms with E-state index in [4.69, 9.17) is 0 Å². The molecule has 108 valence electrons. The van der Waals surface area contributed by atoms with Crippen molar-refractivity contribution in [3.8, 4) is 0 Å². The summed E-state index contributed by atoms with van der Waals surface area (Å²) in [5.74, 6) is 0. The standard InChI is InChI=1S/C16H21BrN2S/c1-4-8-18-16(9-13-10-20-12(3)19-13)14-6-5-7-15(17)11(14)2/h5-7,10,16,18H,4,8-9H2,1-3H3. The number of hydrogen-bond donors (Lipinski definition) is 1. The largest absolute Gasteiger partial charge is 0.310 e. The fourth-order valence-corrected chi connectivity index (χ4v) is 3.33. The minimum atomic E-state index is 0.328. The molecule has 0 saturated heterocycles. The fourth-order valence-electron chi connectivity index (χ4n) is 2.32. The summed E-state index contributed by atoms with van der Waals surface area (Å²) in [6.45, 7) is 7.46. The zero-order valence-corrected chi connectivity index (χ0v) is 14.6. The summed E-state index contributed by atoms with van der Waals surface area (Å²) in [6.07, 6.45) is 2.08. The molecule has 0 amide bonds. The van der Waals surface area contributed by atoms with Crippen LogP contribution in [0.25, 0.3) is 0 Å². The average Bonchev–Trinajstić information content (AvgIpc) is 2.83. The molecule has 0 bridgehead atoms. The van der Waals surface area contributed by atoms with E-state index in [-0.39, 0.29) is 0 Å². The number of rotatable bonds is 6. The van der Waals surface area contributed by atoms with Gasteiger partial charge in [0.2, 0.25) is 0 Å². The first-order valence-corrected chi connectivity index (χ1v) is 8.68. The summed E-state index contributed by atoms with van der Waals surface area (Å²) in [4.78, 5) is 4.60. The van der Waals surface area contributed by atoms with Gasteiger partial charge in [0.15, 0.2) is 0 Å². The average molecular weight is 353 g/mol. The Balaban J connectivity index is 2.24. The maximum atomic E-state index is 4.60. The van der Waals surface area contributed by atoms with Gasteiger partial charge in [0.1, 0.15) is 0 Å². The molecule has 1 atom stereocenters. The van der Waals surface area contributed by atoms with E-state index in [2.05, 4.69) is 70.6 Å². The lowest BCUT2D eigenvalue weighted by molar-refractivity contribution is 0.523. The van der Waals surface area contributed by atoms with E-state index in [1.807, 2.05) is 0 Å². The van der Waals surface area contributed by atoms with Gasteiger partial charge in [-0.3, -0.25) is 0 Å². The van der Waals surface area contributed by atoms with Gasteiger partial charge in [-0.15, -0.1) is 11.3 Å². The van der Waals surface area contributed by atoms with Crippen LogP contribution in [-0.2, 0) is 6.42 Å². The molecule has 2 nitrogen and oxygen atoms in total. The molecular formula is C16H21BrN2S. The molecule has 2 aromatic rings. The molecule has 0 fully saturated rings. The Bertz CT molecular complexity index is 565. The lowest BCUT2D eigenvalue weighted by Crippen LogP contribution is -2.25. The summed E-state index contributed by atoms with van der Waals surface area (Å²) in [7, 11) is 0. The van der Waals surface area contributed by atoms with Crippen LogP contribution in [-0.4, -0.2) is 11.5 Å². The van der Waals surface area contributed by atoms with Crippen molar-refractivity contribution < 1.29 is 0 Å². The lowest BCUT2D eigenvalue weighted by atomic mass is 9.97. The monoisotopic (exact) mass is 352 g/mol. The van der Waals surface area contributed by atoms with Gasteiger partial charge in [-0.05, 0) is 44.0 Å². The number of halogens is 1. The summed E-state index contributed by atoms with van der Waals surface area (Å²) >= 11 is 5.36. The molecule has 0 spiro atoms. The van der Waals surface area contributed by atoms with Gasteiger partial charge in [0.25, 0.3) is 0 Å². The Hall–Kier alpha value is -0.710. The second kappa shape index (κ2) is 7.34. The van der Waals surface area contributed by atoms with Gasteiger partial charge in [-0.2, -0.15) is 0 Å². The van der Waals surface area contributed by atoms with Crippen LogP contribution in [0, 0.1) is 13.8 Å². The Morgan fingerprint density at radius 3 is 2.80 bits per heavy atom. The molecule has 1 heterocycles. The van der Waals surface area contributed by atoms with Crippen LogP contribution in [0.3, 0.4) is 0 Å². The van der Waals surface area contributed by atoms with Crippen molar-refractivity contribution in [2.24, 2.45) is 0 Å². The maximum Gasteiger partial charge on any atom is 0.0897 e. The molecule has 4 heteroatoms. The van der Waals surface area contributed by atoms with E-state index in [0.29, 0.717) is 6.04 Å². The number of benzene rings is 1. The number of nitrogens with one attached hydrogen (secondary N) is 1. The van der Waals surface area contributed by atoms with Crippen molar-refractivity contribution in [2.45, 2.75) is 39.7 Å². The molecule has 1 unspecified atom stereocenters. The number of aryl methyl sites for hydroxylation is 1. The summed E-state index contributed by atoms with van der Waals surface area (Å²) in [6, 6.07) is 6.75. The topological polar surface area (TPSA) is 24.9 Å². The van der Waals surface area contributed by atoms with Gasteiger partial charge in [-0.25, -0.2) is 4.98 Å². The van der Waals surface area contributed by atoms with E-state index in [0.717, 1.165) is 24.4 Å². The number of hydrogen-bond acceptors (Lipinski definition) is 3. The zero-order valence-electron chi connectivity index (χ0n) is 12.2. The molecule has 0 aliphatic carbocycles. The first-order chi connectivity index (χ1) is 9.61. The van der Waals surface area contributed by atoms with Crippen molar-refractivity contribution in [2.75, 3.05) is 6.54 Å². The third kappa shape index (κ3) is 3.90. The van der Waals surface area contributed by atoms with E-state index in [1.165, 1.54) is 21.3 Å². The molecule has 1 aromatic heterocycles. The zero-order chi connectivity index (χ0) is 14.5. The van der Waals surface area contributed by atoms with Crippen molar-refractivity contribution in [3.63, 3.8) is 0 Å². The third-order valence-electron chi connectivity index (χ3n) is 3.41. The van der Waals surface area contributed by atoms with Gasteiger partial charge >= 0.3 is 0 Å². The van der Waals surface area contributed by atoms with Gasteiger partial charge in [0, 0.05) is 22.3 Å². The second-order valence-electron chi connectivity index (χ2n) is 5.02. The van der Waals surface area contributed by atoms with Crippen LogP contribution in [0.15, 0.2) is 28.1 Å².